The molecule has 0 aliphatic heterocycles. The molecule has 1 aliphatic carbocycles. The minimum absolute atomic E-state index is 0.284. The van der Waals surface area contributed by atoms with E-state index in [4.69, 9.17) is 11.6 Å². The molecule has 36 heavy (non-hydrogen) atoms. The summed E-state index contributed by atoms with van der Waals surface area (Å²) in [7, 11) is 0. The van der Waals surface area contributed by atoms with Gasteiger partial charge in [-0.3, -0.25) is 9.59 Å². The number of alkyl halides is 3. The first-order chi connectivity index (χ1) is 16.6. The molecular formula is C27H33ClF3N3O2. The van der Waals surface area contributed by atoms with Crippen molar-refractivity contribution >= 4 is 29.1 Å². The third kappa shape index (κ3) is 8.97. The third-order valence-electron chi connectivity index (χ3n) is 5.74. The Balaban J connectivity index is 0.00000103. The number of benzene rings is 2. The Morgan fingerprint density at radius 1 is 1.08 bits per heavy atom. The summed E-state index contributed by atoms with van der Waals surface area (Å²) in [5.74, 6) is 0.0648. The second-order valence-electron chi connectivity index (χ2n) is 9.66. The van der Waals surface area contributed by atoms with Crippen LogP contribution in [0.5, 0.6) is 0 Å². The fourth-order valence-electron chi connectivity index (χ4n) is 3.33. The zero-order valence-corrected chi connectivity index (χ0v) is 22.2. The molecule has 1 fully saturated rings. The van der Waals surface area contributed by atoms with E-state index in [0.717, 1.165) is 34.2 Å². The molecule has 1 aliphatic rings. The predicted octanol–water partition coefficient (Wildman–Crippen LogP) is 6.71. The number of amides is 2. The molecule has 0 saturated heterocycles. The summed E-state index contributed by atoms with van der Waals surface area (Å²) in [4.78, 5) is 24.7. The summed E-state index contributed by atoms with van der Waals surface area (Å²) in [5.41, 5.74) is 0.515. The van der Waals surface area contributed by atoms with Crippen LogP contribution < -0.4 is 5.32 Å². The van der Waals surface area contributed by atoms with Gasteiger partial charge in [-0.2, -0.15) is 18.3 Å². The summed E-state index contributed by atoms with van der Waals surface area (Å²) in [6, 6.07) is 9.99. The number of rotatable bonds is 6. The molecule has 0 radical (unpaired) electrons. The van der Waals surface area contributed by atoms with E-state index in [0.29, 0.717) is 10.7 Å². The lowest BCUT2D eigenvalue weighted by atomic mass is 9.92. The second kappa shape index (κ2) is 11.9. The monoisotopic (exact) mass is 523 g/mol. The number of nitrogens with zero attached hydrogens (tertiary/aromatic N) is 2. The topological polar surface area (TPSA) is 61.8 Å². The molecule has 0 spiro atoms. The zero-order valence-electron chi connectivity index (χ0n) is 21.5. The van der Waals surface area contributed by atoms with Gasteiger partial charge in [-0.15, -0.1) is 0 Å². The van der Waals surface area contributed by atoms with Gasteiger partial charge in [0.25, 0.3) is 0 Å². The smallest absolute Gasteiger partial charge is 0.346 e. The van der Waals surface area contributed by atoms with Crippen molar-refractivity contribution in [2.24, 2.45) is 11.0 Å². The summed E-state index contributed by atoms with van der Waals surface area (Å²) >= 11 is 5.97. The van der Waals surface area contributed by atoms with Crippen LogP contribution in [0.1, 0.15) is 69.7 Å². The second-order valence-corrected chi connectivity index (χ2v) is 10.1. The van der Waals surface area contributed by atoms with Crippen LogP contribution in [-0.4, -0.2) is 29.1 Å². The summed E-state index contributed by atoms with van der Waals surface area (Å²) < 4.78 is 39.1. The van der Waals surface area contributed by atoms with Crippen LogP contribution in [0.25, 0.3) is 0 Å². The van der Waals surface area contributed by atoms with E-state index in [-0.39, 0.29) is 12.1 Å². The average Bonchev–Trinajstić information content (AvgIpc) is 3.54. The van der Waals surface area contributed by atoms with Crippen LogP contribution in [0.4, 0.5) is 13.2 Å². The minimum atomic E-state index is -4.49. The molecule has 3 rings (SSSR count). The van der Waals surface area contributed by atoms with Gasteiger partial charge < -0.3 is 5.32 Å². The molecule has 0 heterocycles. The normalized spacial score (nSPS) is 14.0. The summed E-state index contributed by atoms with van der Waals surface area (Å²) in [6.45, 7) is 9.89. The van der Waals surface area contributed by atoms with Gasteiger partial charge in [0.05, 0.1) is 16.8 Å². The maximum atomic E-state index is 13.0. The Bertz CT molecular complexity index is 1130. The van der Waals surface area contributed by atoms with Crippen molar-refractivity contribution in [3.05, 3.63) is 69.7 Å². The van der Waals surface area contributed by atoms with Gasteiger partial charge in [-0.1, -0.05) is 49.6 Å². The van der Waals surface area contributed by atoms with Crippen molar-refractivity contribution in [1.82, 2.24) is 10.3 Å². The molecule has 1 saturated carbocycles. The van der Waals surface area contributed by atoms with E-state index in [1.54, 1.807) is 39.0 Å². The number of halogens is 4. The molecule has 2 amide bonds. The van der Waals surface area contributed by atoms with Gasteiger partial charge in [0.15, 0.2) is 0 Å². The molecule has 0 bridgehead atoms. The molecule has 2 aromatic carbocycles. The number of hydrogen-bond donors (Lipinski definition) is 1. The molecule has 2 aromatic rings. The highest BCUT2D eigenvalue weighted by Crippen LogP contribution is 2.32. The molecule has 196 valence electrons. The highest BCUT2D eigenvalue weighted by molar-refractivity contribution is 6.30. The van der Waals surface area contributed by atoms with E-state index in [9.17, 15) is 22.8 Å². The van der Waals surface area contributed by atoms with E-state index in [1.807, 2.05) is 6.92 Å². The van der Waals surface area contributed by atoms with E-state index in [2.05, 4.69) is 17.3 Å². The van der Waals surface area contributed by atoms with Crippen LogP contribution in [-0.2, 0) is 21.3 Å². The van der Waals surface area contributed by atoms with E-state index < -0.39 is 29.1 Å². The highest BCUT2D eigenvalue weighted by atomic mass is 35.5. The first-order valence-corrected chi connectivity index (χ1v) is 12.1. The number of carbonyl (C=O) groups is 2. The van der Waals surface area contributed by atoms with Crippen LogP contribution in [0, 0.1) is 12.8 Å². The van der Waals surface area contributed by atoms with Crippen molar-refractivity contribution < 1.29 is 22.8 Å². The number of hydrazone groups is 1. The van der Waals surface area contributed by atoms with Gasteiger partial charge >= 0.3 is 6.18 Å². The van der Waals surface area contributed by atoms with Gasteiger partial charge in [0, 0.05) is 17.5 Å². The molecule has 0 aromatic heterocycles. The van der Waals surface area contributed by atoms with Crippen LogP contribution in [0.15, 0.2) is 47.6 Å². The maximum Gasteiger partial charge on any atom is 0.416 e. The van der Waals surface area contributed by atoms with Crippen molar-refractivity contribution in [3.8, 4) is 0 Å². The Labute approximate surface area is 215 Å². The number of carbonyl (C=O) groups excluding carboxylic acids is 2. The quantitative estimate of drug-likeness (QED) is 0.338. The lowest BCUT2D eigenvalue weighted by Gasteiger charge is -2.28. The van der Waals surface area contributed by atoms with Crippen molar-refractivity contribution in [1.29, 1.82) is 0 Å². The Kier molecular flexibility index (Phi) is 9.71. The van der Waals surface area contributed by atoms with Crippen molar-refractivity contribution in [3.63, 3.8) is 0 Å². The van der Waals surface area contributed by atoms with Crippen molar-refractivity contribution in [2.45, 2.75) is 66.1 Å². The molecule has 9 heteroatoms. The Hall–Kier alpha value is -2.87. The molecular weight excluding hydrogens is 491 g/mol. The van der Waals surface area contributed by atoms with E-state index >= 15 is 0 Å². The molecule has 5 nitrogen and oxygen atoms in total. The van der Waals surface area contributed by atoms with Crippen molar-refractivity contribution in [2.75, 3.05) is 6.54 Å². The highest BCUT2D eigenvalue weighted by Gasteiger charge is 2.32. The van der Waals surface area contributed by atoms with Gasteiger partial charge in [-0.25, -0.2) is 5.01 Å². The number of nitrogens with one attached hydrogen (secondary N) is 1. The largest absolute Gasteiger partial charge is 0.416 e. The predicted molar refractivity (Wildman–Crippen MR) is 137 cm³/mol. The number of aryl methyl sites for hydroxylation is 1. The fraction of sp³-hybridized carbons (Fsp3) is 0.444. The van der Waals surface area contributed by atoms with E-state index in [1.165, 1.54) is 31.9 Å². The lowest BCUT2D eigenvalue weighted by Crippen LogP contribution is -2.46. The first kappa shape index (κ1) is 29.4. The Morgan fingerprint density at radius 2 is 1.67 bits per heavy atom. The maximum absolute atomic E-state index is 13.0. The zero-order chi connectivity index (χ0) is 27.3. The average molecular weight is 524 g/mol. The minimum Gasteiger partial charge on any atom is -0.346 e. The SMILES string of the molecule is CC(=O)N(CC(=O)NC(C)(C)c1cccc(C(F)(F)F)c1)/N=C(\C)c1ccc(Cl)cc1C.CC1CC1. The lowest BCUT2D eigenvalue weighted by molar-refractivity contribution is -0.137. The van der Waals surface area contributed by atoms with Crippen LogP contribution in [0.2, 0.25) is 5.02 Å². The number of hydrogen-bond acceptors (Lipinski definition) is 3. The fourth-order valence-corrected chi connectivity index (χ4v) is 3.56. The van der Waals surface area contributed by atoms with Crippen LogP contribution >= 0.6 is 11.6 Å². The summed E-state index contributed by atoms with van der Waals surface area (Å²) in [5, 5.41) is 8.54. The van der Waals surface area contributed by atoms with Gasteiger partial charge in [0.2, 0.25) is 11.8 Å². The summed E-state index contributed by atoms with van der Waals surface area (Å²) in [6.07, 6.45) is -1.52. The standard InChI is InChI=1S/C23H25ClF3N3O2.C4H8/c1-14-11-19(24)9-10-20(14)15(2)29-30(16(3)31)13-21(32)28-22(4,5)17-7-6-8-18(12-17)23(25,26)27;1-4-2-3-4/h6-12H,13H2,1-5H3,(H,28,32);4H,2-3H2,1H3/b29-15+;. The molecule has 0 atom stereocenters. The molecule has 1 N–H and O–H groups in total. The molecule has 0 unspecified atom stereocenters. The Morgan fingerprint density at radius 3 is 2.17 bits per heavy atom. The van der Waals surface area contributed by atoms with Gasteiger partial charge in [0.1, 0.15) is 6.54 Å². The van der Waals surface area contributed by atoms with Gasteiger partial charge in [-0.05, 0) is 69.0 Å². The third-order valence-corrected chi connectivity index (χ3v) is 5.97. The first-order valence-electron chi connectivity index (χ1n) is 11.7. The van der Waals surface area contributed by atoms with Crippen LogP contribution in [0.3, 0.4) is 0 Å².